The number of ether oxygens (including phenoxy) is 2. The van der Waals surface area contributed by atoms with Gasteiger partial charge in [-0.25, -0.2) is 24.1 Å². The number of pyridine rings is 1. The molecule has 52 heavy (non-hydrogen) atoms. The number of nitrogens with two attached hydrogens (primary N) is 1. The van der Waals surface area contributed by atoms with Crippen molar-refractivity contribution >= 4 is 17.9 Å². The van der Waals surface area contributed by atoms with Crippen molar-refractivity contribution < 1.29 is 49.8 Å². The van der Waals surface area contributed by atoms with Crippen molar-refractivity contribution in [3.8, 4) is 28.1 Å². The highest BCUT2D eigenvalue weighted by atomic mass is 19.4. The lowest BCUT2D eigenvalue weighted by molar-refractivity contribution is -0.143. The molecule has 1 aromatic carbocycles. The molecule has 0 bridgehead atoms. The number of aryl methyl sites for hydroxylation is 1. The van der Waals surface area contributed by atoms with E-state index in [1.165, 1.54) is 31.1 Å². The number of halogens is 7. The van der Waals surface area contributed by atoms with Crippen molar-refractivity contribution in [2.75, 3.05) is 25.1 Å². The highest BCUT2D eigenvalue weighted by molar-refractivity contribution is 5.80. The number of carbonyl (C=O) groups is 2. The Morgan fingerprint density at radius 1 is 1.00 bits per heavy atom. The van der Waals surface area contributed by atoms with Crippen molar-refractivity contribution in [1.82, 2.24) is 29.6 Å². The van der Waals surface area contributed by atoms with Crippen LogP contribution in [0.2, 0.25) is 0 Å². The van der Waals surface area contributed by atoms with Gasteiger partial charge in [-0.1, -0.05) is 0 Å². The second-order valence-corrected chi connectivity index (χ2v) is 12.5. The van der Waals surface area contributed by atoms with E-state index in [0.717, 1.165) is 4.90 Å². The molecule has 2 unspecified atom stereocenters. The molecule has 2 aliphatic rings. The Bertz CT molecular complexity index is 2010. The SMILES string of the molecule is COc1ncc(-c2c(C)nn(CC(N)=O)c2C)cc1-c1cnc(N2CC(F)C2)nc1CN1C(=O)OC(c2cc(C(F)(F)F)cc(C(F)(F)F)c2)C1C. The normalized spacial score (nSPS) is 18.1. The Balaban J connectivity index is 1.42. The van der Waals surface area contributed by atoms with Crippen LogP contribution in [0.15, 0.2) is 36.7 Å². The van der Waals surface area contributed by atoms with Crippen molar-refractivity contribution in [2.24, 2.45) is 5.73 Å². The minimum absolute atomic E-state index is 0.00354. The van der Waals surface area contributed by atoms with Gasteiger partial charge < -0.3 is 20.1 Å². The van der Waals surface area contributed by atoms with E-state index in [1.807, 2.05) is 0 Å². The summed E-state index contributed by atoms with van der Waals surface area (Å²) < 4.78 is 108. The Hall–Kier alpha value is -5.49. The molecular formula is C33H31F7N8O4. The first kappa shape index (κ1) is 36.3. The predicted octanol–water partition coefficient (Wildman–Crippen LogP) is 5.79. The zero-order chi connectivity index (χ0) is 37.9. The monoisotopic (exact) mass is 736 g/mol. The first-order valence-electron chi connectivity index (χ1n) is 15.7. The van der Waals surface area contributed by atoms with E-state index in [9.17, 15) is 40.3 Å². The highest BCUT2D eigenvalue weighted by Crippen LogP contribution is 2.42. The summed E-state index contributed by atoms with van der Waals surface area (Å²) in [6.07, 6.45) is -10.9. The highest BCUT2D eigenvalue weighted by Gasteiger charge is 2.44. The van der Waals surface area contributed by atoms with Gasteiger partial charge in [0.15, 0.2) is 0 Å². The summed E-state index contributed by atoms with van der Waals surface area (Å²) >= 11 is 0. The Labute approximate surface area is 291 Å². The molecule has 2 aliphatic heterocycles. The van der Waals surface area contributed by atoms with Crippen LogP contribution in [0.3, 0.4) is 0 Å². The third-order valence-corrected chi connectivity index (χ3v) is 8.94. The average molecular weight is 737 g/mol. The van der Waals surface area contributed by atoms with Gasteiger partial charge in [-0.3, -0.25) is 14.4 Å². The van der Waals surface area contributed by atoms with Gasteiger partial charge in [-0.15, -0.1) is 0 Å². The number of methoxy groups -OCH3 is 1. The van der Waals surface area contributed by atoms with Gasteiger partial charge in [0.1, 0.15) is 18.8 Å². The van der Waals surface area contributed by atoms with Crippen LogP contribution in [0.25, 0.3) is 22.3 Å². The maximum absolute atomic E-state index is 13.8. The van der Waals surface area contributed by atoms with Gasteiger partial charge in [0, 0.05) is 40.3 Å². The lowest BCUT2D eigenvalue weighted by atomic mass is 9.97. The number of aromatic nitrogens is 5. The second kappa shape index (κ2) is 13.2. The quantitative estimate of drug-likeness (QED) is 0.212. The van der Waals surface area contributed by atoms with Crippen LogP contribution >= 0.6 is 0 Å². The summed E-state index contributed by atoms with van der Waals surface area (Å²) in [5.74, 6) is -0.355. The number of cyclic esters (lactones) is 1. The summed E-state index contributed by atoms with van der Waals surface area (Å²) in [4.78, 5) is 41.1. The molecule has 3 aromatic heterocycles. The number of anilines is 1. The maximum Gasteiger partial charge on any atom is 0.416 e. The molecule has 6 rings (SSSR count). The van der Waals surface area contributed by atoms with Gasteiger partial charge in [0.2, 0.25) is 17.7 Å². The molecule has 2 atom stereocenters. The molecule has 0 radical (unpaired) electrons. The Morgan fingerprint density at radius 3 is 2.23 bits per heavy atom. The van der Waals surface area contributed by atoms with Crippen LogP contribution < -0.4 is 15.4 Å². The summed E-state index contributed by atoms with van der Waals surface area (Å²) in [6, 6.07) is 1.68. The van der Waals surface area contributed by atoms with E-state index in [4.69, 9.17) is 15.2 Å². The molecule has 276 valence electrons. The molecule has 2 amide bonds. The fourth-order valence-corrected chi connectivity index (χ4v) is 6.32. The summed E-state index contributed by atoms with van der Waals surface area (Å²) in [7, 11) is 1.37. The molecule has 19 heteroatoms. The molecular weight excluding hydrogens is 705 g/mol. The van der Waals surface area contributed by atoms with Crippen molar-refractivity contribution in [1.29, 1.82) is 0 Å². The van der Waals surface area contributed by atoms with E-state index in [-0.39, 0.29) is 49.8 Å². The predicted molar refractivity (Wildman–Crippen MR) is 169 cm³/mol. The fraction of sp³-hybridized carbons (Fsp3) is 0.394. The number of hydrogen-bond acceptors (Lipinski definition) is 9. The lowest BCUT2D eigenvalue weighted by Gasteiger charge is -2.34. The number of benzene rings is 1. The number of rotatable bonds is 9. The van der Waals surface area contributed by atoms with Crippen molar-refractivity contribution in [3.05, 3.63) is 70.4 Å². The van der Waals surface area contributed by atoms with Crippen molar-refractivity contribution in [2.45, 2.75) is 64.5 Å². The minimum atomic E-state index is -5.11. The fourth-order valence-electron chi connectivity index (χ4n) is 6.32. The Kier molecular flexibility index (Phi) is 9.25. The largest absolute Gasteiger partial charge is 0.481 e. The van der Waals surface area contributed by atoms with Gasteiger partial charge in [0.05, 0.1) is 55.3 Å². The summed E-state index contributed by atoms with van der Waals surface area (Å²) in [6.45, 7) is 4.41. The van der Waals surface area contributed by atoms with Crippen LogP contribution in [0.4, 0.5) is 41.5 Å². The van der Waals surface area contributed by atoms with Gasteiger partial charge in [0.25, 0.3) is 0 Å². The van der Waals surface area contributed by atoms with E-state index < -0.39 is 59.4 Å². The maximum atomic E-state index is 13.8. The molecule has 2 N–H and O–H groups in total. The molecule has 0 spiro atoms. The summed E-state index contributed by atoms with van der Waals surface area (Å²) in [5.41, 5.74) is 4.98. The minimum Gasteiger partial charge on any atom is -0.481 e. The van der Waals surface area contributed by atoms with Crippen LogP contribution in [0.5, 0.6) is 5.88 Å². The average Bonchev–Trinajstić information content (AvgIpc) is 3.49. The van der Waals surface area contributed by atoms with Crippen molar-refractivity contribution in [3.63, 3.8) is 0 Å². The van der Waals surface area contributed by atoms with Crippen LogP contribution in [-0.4, -0.2) is 74.0 Å². The van der Waals surface area contributed by atoms with Crippen LogP contribution in [0, 0.1) is 13.8 Å². The van der Waals surface area contributed by atoms with E-state index >= 15 is 0 Å². The third kappa shape index (κ3) is 6.90. The lowest BCUT2D eigenvalue weighted by Crippen LogP contribution is -2.49. The number of amides is 2. The Morgan fingerprint density at radius 2 is 1.65 bits per heavy atom. The number of alkyl halides is 7. The van der Waals surface area contributed by atoms with Crippen LogP contribution in [-0.2, 0) is 35.0 Å². The van der Waals surface area contributed by atoms with E-state index in [2.05, 4.69) is 20.1 Å². The standard InChI is InChI=1S/C33H31F7N8O4/c1-15-27(16(2)48(45-15)14-26(41)49)19-7-23(29(51-4)42-9-19)24-10-43-30(46-11-22(34)12-46)44-25(24)13-47-17(3)28(52-31(47)50)18-5-20(32(35,36)37)8-21(6-18)33(38,39)40/h5-10,17,22,28H,11-14H2,1-4H3,(H2,41,49). The molecule has 12 nitrogen and oxygen atoms in total. The zero-order valence-electron chi connectivity index (χ0n) is 28.0. The van der Waals surface area contributed by atoms with Gasteiger partial charge in [-0.05, 0) is 50.6 Å². The molecule has 5 heterocycles. The number of nitrogens with zero attached hydrogens (tertiary/aromatic N) is 7. The van der Waals surface area contributed by atoms with Gasteiger partial charge >= 0.3 is 18.4 Å². The first-order valence-corrected chi connectivity index (χ1v) is 15.7. The molecule has 2 saturated heterocycles. The van der Waals surface area contributed by atoms with Crippen LogP contribution in [0.1, 0.15) is 46.8 Å². The smallest absolute Gasteiger partial charge is 0.416 e. The van der Waals surface area contributed by atoms with E-state index in [1.54, 1.807) is 24.8 Å². The third-order valence-electron chi connectivity index (χ3n) is 8.94. The summed E-state index contributed by atoms with van der Waals surface area (Å²) in [5, 5.41) is 4.41. The topological polar surface area (TPSA) is 142 Å². The van der Waals surface area contributed by atoms with E-state index in [0.29, 0.717) is 45.8 Å². The first-order chi connectivity index (χ1) is 24.3. The van der Waals surface area contributed by atoms with Gasteiger partial charge in [-0.2, -0.15) is 31.4 Å². The second-order valence-electron chi connectivity index (χ2n) is 12.5. The molecule has 4 aromatic rings. The molecule has 0 aliphatic carbocycles. The zero-order valence-corrected chi connectivity index (χ0v) is 28.0. The number of hydrogen-bond donors (Lipinski definition) is 1. The number of primary amides is 1. The molecule has 2 fully saturated rings. The molecule has 0 saturated carbocycles. The number of carbonyl (C=O) groups excluding carboxylic acids is 2.